The van der Waals surface area contributed by atoms with E-state index in [0.29, 0.717) is 6.04 Å². The summed E-state index contributed by atoms with van der Waals surface area (Å²) in [6.45, 7) is 0. The fraction of sp³-hybridized carbons (Fsp3) is 1.00. The van der Waals surface area contributed by atoms with Gasteiger partial charge in [0.15, 0.2) is 0 Å². The normalized spacial score (nSPS) is 54.4. The molecular weight excluding hydrogens is 169 g/mol. The maximum Gasteiger partial charge on any atom is 0.0657 e. The summed E-state index contributed by atoms with van der Waals surface area (Å²) in [5.41, 5.74) is -0.260. The Morgan fingerprint density at radius 3 is 2.14 bits per heavy atom. The van der Waals surface area contributed by atoms with Gasteiger partial charge in [0.05, 0.1) is 5.60 Å². The standard InChI is InChI=1S/C11H19NO.Li/c1-12-10-8-2-7-3-9(10)6-11(13,4-7)5-8;/h7-10,12-13H,2-6H2,1H3;. The van der Waals surface area contributed by atoms with Crippen molar-refractivity contribution in [3.8, 4) is 0 Å². The third kappa shape index (κ3) is 1.48. The average molecular weight is 188 g/mol. The van der Waals surface area contributed by atoms with Crippen molar-refractivity contribution < 1.29 is 5.11 Å². The van der Waals surface area contributed by atoms with Crippen molar-refractivity contribution >= 4 is 18.9 Å². The molecule has 0 aromatic rings. The largest absolute Gasteiger partial charge is 0.390 e. The van der Waals surface area contributed by atoms with E-state index in [9.17, 15) is 5.11 Å². The van der Waals surface area contributed by atoms with E-state index >= 15 is 0 Å². The minimum atomic E-state index is -0.260. The molecule has 4 fully saturated rings. The molecule has 3 heteroatoms. The van der Waals surface area contributed by atoms with Gasteiger partial charge in [-0.2, -0.15) is 0 Å². The summed E-state index contributed by atoms with van der Waals surface area (Å²) in [4.78, 5) is 0. The van der Waals surface area contributed by atoms with Crippen LogP contribution in [0.1, 0.15) is 32.1 Å². The van der Waals surface area contributed by atoms with Crippen LogP contribution in [0.3, 0.4) is 0 Å². The summed E-state index contributed by atoms with van der Waals surface area (Å²) in [5.74, 6) is 2.37. The number of hydrogen-bond donors (Lipinski definition) is 2. The number of nitrogens with one attached hydrogen (secondary N) is 1. The Labute approximate surface area is 98.0 Å². The molecule has 1 radical (unpaired) electrons. The molecule has 0 saturated heterocycles. The second kappa shape index (κ2) is 3.52. The Bertz CT molecular complexity index is 217. The van der Waals surface area contributed by atoms with Crippen LogP contribution >= 0.6 is 0 Å². The monoisotopic (exact) mass is 188 g/mol. The van der Waals surface area contributed by atoms with Crippen LogP contribution in [-0.4, -0.2) is 42.7 Å². The van der Waals surface area contributed by atoms with Crippen molar-refractivity contribution in [2.24, 2.45) is 17.8 Å². The van der Waals surface area contributed by atoms with Crippen LogP contribution in [-0.2, 0) is 0 Å². The smallest absolute Gasteiger partial charge is 0.0657 e. The van der Waals surface area contributed by atoms with Gasteiger partial charge in [-0.1, -0.05) is 0 Å². The van der Waals surface area contributed by atoms with Gasteiger partial charge in [-0.3, -0.25) is 0 Å². The van der Waals surface area contributed by atoms with Gasteiger partial charge in [0.1, 0.15) is 0 Å². The summed E-state index contributed by atoms with van der Waals surface area (Å²) in [5, 5.41) is 13.7. The second-order valence-corrected chi connectivity index (χ2v) is 5.51. The zero-order valence-corrected chi connectivity index (χ0v) is 9.29. The first-order valence-electron chi connectivity index (χ1n) is 5.60. The van der Waals surface area contributed by atoms with E-state index in [0.717, 1.165) is 37.0 Å². The van der Waals surface area contributed by atoms with Crippen molar-refractivity contribution in [1.29, 1.82) is 0 Å². The van der Waals surface area contributed by atoms with Crippen molar-refractivity contribution in [1.82, 2.24) is 5.32 Å². The van der Waals surface area contributed by atoms with Gasteiger partial charge in [0.2, 0.25) is 0 Å². The van der Waals surface area contributed by atoms with Gasteiger partial charge < -0.3 is 10.4 Å². The summed E-state index contributed by atoms with van der Waals surface area (Å²) < 4.78 is 0. The van der Waals surface area contributed by atoms with Gasteiger partial charge in [0, 0.05) is 24.9 Å². The van der Waals surface area contributed by atoms with Crippen LogP contribution in [0.2, 0.25) is 0 Å². The molecule has 4 rings (SSSR count). The molecule has 0 amide bonds. The average Bonchev–Trinajstić information content (AvgIpc) is 2.00. The number of aliphatic hydroxyl groups is 1. The van der Waals surface area contributed by atoms with Crippen molar-refractivity contribution in [2.45, 2.75) is 43.7 Å². The Hall–Kier alpha value is 0.517. The van der Waals surface area contributed by atoms with E-state index in [1.807, 2.05) is 0 Å². The maximum absolute atomic E-state index is 10.3. The van der Waals surface area contributed by atoms with Gasteiger partial charge in [-0.05, 0) is 56.9 Å². The van der Waals surface area contributed by atoms with E-state index < -0.39 is 0 Å². The summed E-state index contributed by atoms with van der Waals surface area (Å²) >= 11 is 0. The van der Waals surface area contributed by atoms with Gasteiger partial charge in [0.25, 0.3) is 0 Å². The molecule has 2 N–H and O–H groups in total. The molecule has 4 bridgehead atoms. The molecule has 0 aromatic carbocycles. The first kappa shape index (κ1) is 11.0. The zero-order valence-electron chi connectivity index (χ0n) is 9.29. The molecule has 2 unspecified atom stereocenters. The third-order valence-corrected chi connectivity index (χ3v) is 4.57. The van der Waals surface area contributed by atoms with Crippen molar-refractivity contribution in [3.63, 3.8) is 0 Å². The van der Waals surface area contributed by atoms with Gasteiger partial charge in [-0.15, -0.1) is 0 Å². The van der Waals surface area contributed by atoms with E-state index in [1.54, 1.807) is 0 Å². The first-order chi connectivity index (χ1) is 6.20. The predicted molar refractivity (Wildman–Crippen MR) is 57.1 cm³/mol. The minimum absolute atomic E-state index is 0. The van der Waals surface area contributed by atoms with E-state index in [-0.39, 0.29) is 24.5 Å². The fourth-order valence-electron chi connectivity index (χ4n) is 4.45. The molecule has 0 aliphatic heterocycles. The Kier molecular flexibility index (Phi) is 2.77. The maximum atomic E-state index is 10.3. The molecular formula is C11H19LiNO. The summed E-state index contributed by atoms with van der Waals surface area (Å²) in [7, 11) is 2.08. The van der Waals surface area contributed by atoms with Crippen molar-refractivity contribution in [2.75, 3.05) is 7.05 Å². The molecule has 4 aliphatic rings. The SMILES string of the molecule is CNC1C2CC3CC1CC(O)(C3)C2.[Li]. The Balaban J connectivity index is 0.000000750. The summed E-state index contributed by atoms with van der Waals surface area (Å²) in [6.07, 6.45) is 5.95. The molecule has 4 saturated carbocycles. The topological polar surface area (TPSA) is 32.3 Å². The fourth-order valence-corrected chi connectivity index (χ4v) is 4.45. The molecule has 14 heavy (non-hydrogen) atoms. The third-order valence-electron chi connectivity index (χ3n) is 4.57. The minimum Gasteiger partial charge on any atom is -0.390 e. The molecule has 75 valence electrons. The van der Waals surface area contributed by atoms with Crippen LogP contribution in [0.4, 0.5) is 0 Å². The van der Waals surface area contributed by atoms with E-state index in [4.69, 9.17) is 0 Å². The van der Waals surface area contributed by atoms with Crippen LogP contribution < -0.4 is 5.32 Å². The number of rotatable bonds is 1. The Morgan fingerprint density at radius 1 is 1.14 bits per heavy atom. The second-order valence-electron chi connectivity index (χ2n) is 5.51. The van der Waals surface area contributed by atoms with Crippen LogP contribution in [0.5, 0.6) is 0 Å². The Morgan fingerprint density at radius 2 is 1.71 bits per heavy atom. The molecule has 2 nitrogen and oxygen atoms in total. The molecule has 4 aliphatic carbocycles. The molecule has 2 atom stereocenters. The van der Waals surface area contributed by atoms with E-state index in [1.165, 1.54) is 12.8 Å². The summed E-state index contributed by atoms with van der Waals surface area (Å²) in [6, 6.07) is 0.705. The van der Waals surface area contributed by atoms with Crippen molar-refractivity contribution in [3.05, 3.63) is 0 Å². The van der Waals surface area contributed by atoms with E-state index in [2.05, 4.69) is 12.4 Å². The van der Waals surface area contributed by atoms with Gasteiger partial charge in [-0.25, -0.2) is 0 Å². The van der Waals surface area contributed by atoms with Crippen LogP contribution in [0.15, 0.2) is 0 Å². The molecule has 0 heterocycles. The molecule has 0 spiro atoms. The van der Waals surface area contributed by atoms with Crippen LogP contribution in [0.25, 0.3) is 0 Å². The number of hydrogen-bond acceptors (Lipinski definition) is 2. The molecule has 0 aromatic heterocycles. The zero-order chi connectivity index (χ0) is 9.05. The predicted octanol–water partition coefficient (Wildman–Crippen LogP) is 0.765. The van der Waals surface area contributed by atoms with Crippen LogP contribution in [0, 0.1) is 17.8 Å². The first-order valence-corrected chi connectivity index (χ1v) is 5.60. The van der Waals surface area contributed by atoms with Gasteiger partial charge >= 0.3 is 0 Å². The quantitative estimate of drug-likeness (QED) is 0.595.